The van der Waals surface area contributed by atoms with E-state index in [1.165, 1.54) is 58.4 Å². The van der Waals surface area contributed by atoms with E-state index < -0.39 is 46.2 Å². The SMILES string of the molecule is CNC(=O)[C@@H](C)N(Cc1ccccc1F)C(=O)CN(c1ccc(F)cc1)S(=O)(=O)N(C)C. The van der Waals surface area contributed by atoms with Gasteiger partial charge in [0.25, 0.3) is 0 Å². The van der Waals surface area contributed by atoms with Gasteiger partial charge in [0.05, 0.1) is 5.69 Å². The molecule has 0 unspecified atom stereocenters. The van der Waals surface area contributed by atoms with Gasteiger partial charge in [-0.3, -0.25) is 9.59 Å². The van der Waals surface area contributed by atoms with Crippen molar-refractivity contribution in [2.45, 2.75) is 19.5 Å². The Morgan fingerprint density at radius 1 is 1.03 bits per heavy atom. The molecule has 8 nitrogen and oxygen atoms in total. The summed E-state index contributed by atoms with van der Waals surface area (Å²) in [6, 6.07) is 9.37. The predicted octanol–water partition coefficient (Wildman–Crippen LogP) is 1.74. The maximum Gasteiger partial charge on any atom is 0.304 e. The Morgan fingerprint density at radius 2 is 1.62 bits per heavy atom. The summed E-state index contributed by atoms with van der Waals surface area (Å²) < 4.78 is 55.1. The monoisotopic (exact) mass is 468 g/mol. The molecule has 2 amide bonds. The molecule has 0 saturated carbocycles. The summed E-state index contributed by atoms with van der Waals surface area (Å²) in [4.78, 5) is 26.6. The average molecular weight is 469 g/mol. The number of likely N-dealkylation sites (N-methyl/N-ethyl adjacent to an activating group) is 1. The van der Waals surface area contributed by atoms with Gasteiger partial charge < -0.3 is 10.2 Å². The Balaban J connectivity index is 2.45. The van der Waals surface area contributed by atoms with Crippen LogP contribution in [-0.4, -0.2) is 63.2 Å². The van der Waals surface area contributed by atoms with Crippen LogP contribution in [0.15, 0.2) is 48.5 Å². The molecule has 2 aromatic carbocycles. The van der Waals surface area contributed by atoms with E-state index >= 15 is 0 Å². The fourth-order valence-corrected chi connectivity index (χ4v) is 3.98. The highest BCUT2D eigenvalue weighted by Gasteiger charge is 2.32. The lowest BCUT2D eigenvalue weighted by Gasteiger charge is -2.32. The van der Waals surface area contributed by atoms with Crippen LogP contribution in [-0.2, 0) is 26.3 Å². The summed E-state index contributed by atoms with van der Waals surface area (Å²) in [5, 5.41) is 2.43. The Bertz CT molecular complexity index is 1060. The van der Waals surface area contributed by atoms with Crippen molar-refractivity contribution in [3.63, 3.8) is 0 Å². The zero-order chi connectivity index (χ0) is 24.1. The maximum absolute atomic E-state index is 14.2. The molecule has 0 bridgehead atoms. The Morgan fingerprint density at radius 3 is 2.16 bits per heavy atom. The Labute approximate surface area is 186 Å². The predicted molar refractivity (Wildman–Crippen MR) is 117 cm³/mol. The van der Waals surface area contributed by atoms with Crippen LogP contribution in [0.1, 0.15) is 12.5 Å². The van der Waals surface area contributed by atoms with Crippen molar-refractivity contribution >= 4 is 27.7 Å². The van der Waals surface area contributed by atoms with Gasteiger partial charge in [0, 0.05) is 33.3 Å². The molecular formula is C21H26F2N4O4S. The number of anilines is 1. The summed E-state index contributed by atoms with van der Waals surface area (Å²) in [6.07, 6.45) is 0. The smallest absolute Gasteiger partial charge is 0.304 e. The highest BCUT2D eigenvalue weighted by Crippen LogP contribution is 2.21. The molecule has 0 aliphatic heterocycles. The third-order valence-electron chi connectivity index (χ3n) is 4.85. The van der Waals surface area contributed by atoms with E-state index in [-0.39, 0.29) is 17.8 Å². The summed E-state index contributed by atoms with van der Waals surface area (Å²) in [5.74, 6) is -2.38. The minimum Gasteiger partial charge on any atom is -0.357 e. The summed E-state index contributed by atoms with van der Waals surface area (Å²) in [7, 11) is -0.165. The van der Waals surface area contributed by atoms with Crippen molar-refractivity contribution in [3.8, 4) is 0 Å². The molecule has 2 aromatic rings. The van der Waals surface area contributed by atoms with Crippen molar-refractivity contribution in [2.75, 3.05) is 32.0 Å². The van der Waals surface area contributed by atoms with Gasteiger partial charge in [-0.15, -0.1) is 0 Å². The van der Waals surface area contributed by atoms with Crippen molar-refractivity contribution in [3.05, 3.63) is 65.7 Å². The van der Waals surface area contributed by atoms with Crippen LogP contribution in [0, 0.1) is 11.6 Å². The Hall–Kier alpha value is -3.05. The minimum absolute atomic E-state index is 0.0619. The third-order valence-corrected chi connectivity index (χ3v) is 6.67. The quantitative estimate of drug-likeness (QED) is 0.607. The van der Waals surface area contributed by atoms with Crippen LogP contribution >= 0.6 is 0 Å². The first kappa shape index (κ1) is 25.2. The van der Waals surface area contributed by atoms with Crippen LogP contribution in [0.25, 0.3) is 0 Å². The topological polar surface area (TPSA) is 90.0 Å². The van der Waals surface area contributed by atoms with Crippen LogP contribution in [0.2, 0.25) is 0 Å². The number of hydrogen-bond acceptors (Lipinski definition) is 4. The van der Waals surface area contributed by atoms with E-state index in [0.29, 0.717) is 0 Å². The van der Waals surface area contributed by atoms with Crippen LogP contribution in [0.5, 0.6) is 0 Å². The van der Waals surface area contributed by atoms with E-state index in [4.69, 9.17) is 0 Å². The number of halogens is 2. The molecule has 0 aromatic heterocycles. The van der Waals surface area contributed by atoms with Crippen molar-refractivity contribution in [2.24, 2.45) is 0 Å². The van der Waals surface area contributed by atoms with Gasteiger partial charge >= 0.3 is 10.2 Å². The first-order valence-corrected chi connectivity index (χ1v) is 11.1. The number of benzene rings is 2. The first-order chi connectivity index (χ1) is 15.0. The normalized spacial score (nSPS) is 12.3. The molecule has 2 rings (SSSR count). The first-order valence-electron chi connectivity index (χ1n) is 9.69. The molecule has 32 heavy (non-hydrogen) atoms. The summed E-state index contributed by atoms with van der Waals surface area (Å²) >= 11 is 0. The maximum atomic E-state index is 14.2. The molecule has 1 atom stereocenters. The number of carbonyl (C=O) groups excluding carboxylic acids is 2. The lowest BCUT2D eigenvalue weighted by Crippen LogP contribution is -2.52. The molecule has 0 spiro atoms. The Kier molecular flexibility index (Phi) is 8.28. The molecule has 0 heterocycles. The average Bonchev–Trinajstić information content (AvgIpc) is 2.76. The molecule has 0 aliphatic carbocycles. The highest BCUT2D eigenvalue weighted by molar-refractivity contribution is 7.90. The molecule has 0 fully saturated rings. The van der Waals surface area contributed by atoms with Crippen molar-refractivity contribution in [1.29, 1.82) is 0 Å². The van der Waals surface area contributed by atoms with Gasteiger partial charge in [-0.25, -0.2) is 13.1 Å². The minimum atomic E-state index is -4.14. The molecule has 11 heteroatoms. The largest absolute Gasteiger partial charge is 0.357 e. The standard InChI is InChI=1S/C21H26F2N4O4S/c1-15(21(29)24-2)26(13-16-7-5-6-8-19(16)23)20(28)14-27(32(30,31)25(3)4)18-11-9-17(22)10-12-18/h5-12,15H,13-14H2,1-4H3,(H,24,29)/t15-/m1/s1. The van der Waals surface area contributed by atoms with E-state index in [2.05, 4.69) is 5.32 Å². The molecular weight excluding hydrogens is 442 g/mol. The highest BCUT2D eigenvalue weighted by atomic mass is 32.2. The van der Waals surface area contributed by atoms with Gasteiger partial charge in [-0.05, 0) is 37.3 Å². The van der Waals surface area contributed by atoms with Gasteiger partial charge in [0.15, 0.2) is 0 Å². The van der Waals surface area contributed by atoms with Crippen LogP contribution < -0.4 is 9.62 Å². The van der Waals surface area contributed by atoms with E-state index in [0.717, 1.165) is 25.6 Å². The zero-order valence-electron chi connectivity index (χ0n) is 18.2. The second kappa shape index (κ2) is 10.5. The molecule has 0 radical (unpaired) electrons. The molecule has 0 aliphatic rings. The number of hydrogen-bond donors (Lipinski definition) is 1. The molecule has 0 saturated heterocycles. The summed E-state index contributed by atoms with van der Waals surface area (Å²) in [6.45, 7) is 0.529. The van der Waals surface area contributed by atoms with Gasteiger partial charge in [-0.2, -0.15) is 12.7 Å². The van der Waals surface area contributed by atoms with Crippen LogP contribution in [0.4, 0.5) is 14.5 Å². The van der Waals surface area contributed by atoms with Crippen molar-refractivity contribution in [1.82, 2.24) is 14.5 Å². The van der Waals surface area contributed by atoms with Gasteiger partial charge in [0.2, 0.25) is 11.8 Å². The van der Waals surface area contributed by atoms with E-state index in [1.807, 2.05) is 0 Å². The van der Waals surface area contributed by atoms with E-state index in [1.54, 1.807) is 6.07 Å². The number of carbonyl (C=O) groups is 2. The lowest BCUT2D eigenvalue weighted by atomic mass is 10.1. The second-order valence-electron chi connectivity index (χ2n) is 7.18. The van der Waals surface area contributed by atoms with Crippen LogP contribution in [0.3, 0.4) is 0 Å². The molecule has 174 valence electrons. The number of nitrogens with one attached hydrogen (secondary N) is 1. The number of rotatable bonds is 9. The summed E-state index contributed by atoms with van der Waals surface area (Å²) in [5.41, 5.74) is 0.229. The lowest BCUT2D eigenvalue weighted by molar-refractivity contribution is -0.139. The van der Waals surface area contributed by atoms with E-state index in [9.17, 15) is 26.8 Å². The second-order valence-corrected chi connectivity index (χ2v) is 9.24. The number of amides is 2. The molecule has 1 N–H and O–H groups in total. The number of nitrogens with zero attached hydrogens (tertiary/aromatic N) is 3. The zero-order valence-corrected chi connectivity index (χ0v) is 19.1. The third kappa shape index (κ3) is 5.80. The van der Waals surface area contributed by atoms with Gasteiger partial charge in [-0.1, -0.05) is 18.2 Å². The van der Waals surface area contributed by atoms with Gasteiger partial charge in [0.1, 0.15) is 24.2 Å². The fraction of sp³-hybridized carbons (Fsp3) is 0.333. The fourth-order valence-electron chi connectivity index (χ4n) is 2.93. The van der Waals surface area contributed by atoms with Crippen molar-refractivity contribution < 1.29 is 26.8 Å².